The summed E-state index contributed by atoms with van der Waals surface area (Å²) >= 11 is 12.4. The van der Waals surface area contributed by atoms with Gasteiger partial charge in [-0.05, 0) is 50.1 Å². The second-order valence-electron chi connectivity index (χ2n) is 8.27. The van der Waals surface area contributed by atoms with Gasteiger partial charge in [-0.2, -0.15) is 4.52 Å². The predicted octanol–water partition coefficient (Wildman–Crippen LogP) is 4.83. The third-order valence-corrected chi connectivity index (χ3v) is 6.47. The first-order valence-corrected chi connectivity index (χ1v) is 11.2. The number of halogens is 2. The van der Waals surface area contributed by atoms with Crippen molar-refractivity contribution in [1.82, 2.24) is 24.5 Å². The van der Waals surface area contributed by atoms with Crippen LogP contribution in [0.2, 0.25) is 10.0 Å². The minimum Gasteiger partial charge on any atom is -0.354 e. The van der Waals surface area contributed by atoms with Crippen LogP contribution in [0.1, 0.15) is 22.5 Å². The number of nitrogens with zero attached hydrogens (tertiary/aromatic N) is 6. The lowest BCUT2D eigenvalue weighted by Crippen LogP contribution is -2.46. The molecule has 0 N–H and O–H groups in total. The minimum absolute atomic E-state index is 0.669. The molecule has 3 aromatic heterocycles. The number of benzene rings is 1. The Balaban J connectivity index is 1.42. The first kappa shape index (κ1) is 20.5. The van der Waals surface area contributed by atoms with Gasteiger partial charge in [0.05, 0.1) is 5.39 Å². The van der Waals surface area contributed by atoms with E-state index in [9.17, 15) is 0 Å². The van der Waals surface area contributed by atoms with Gasteiger partial charge in [-0.1, -0.05) is 29.3 Å². The van der Waals surface area contributed by atoms with Crippen LogP contribution in [-0.2, 0) is 6.54 Å². The lowest BCUT2D eigenvalue weighted by Gasteiger charge is -2.36. The summed E-state index contributed by atoms with van der Waals surface area (Å²) < 4.78 is 1.96. The van der Waals surface area contributed by atoms with Gasteiger partial charge in [0.25, 0.3) is 0 Å². The number of fused-ring (bicyclic) bond motifs is 3. The first-order valence-electron chi connectivity index (χ1n) is 10.4. The van der Waals surface area contributed by atoms with E-state index in [0.717, 1.165) is 82.8 Å². The number of rotatable bonds is 3. The van der Waals surface area contributed by atoms with Crippen molar-refractivity contribution in [2.24, 2.45) is 0 Å². The predicted molar refractivity (Wildman–Crippen MR) is 126 cm³/mol. The largest absolute Gasteiger partial charge is 0.354 e. The Morgan fingerprint density at radius 3 is 2.39 bits per heavy atom. The van der Waals surface area contributed by atoms with Crippen LogP contribution in [0, 0.1) is 20.8 Å². The van der Waals surface area contributed by atoms with E-state index in [4.69, 9.17) is 33.3 Å². The molecule has 1 aliphatic rings. The van der Waals surface area contributed by atoms with Crippen LogP contribution in [0.4, 0.5) is 5.82 Å². The van der Waals surface area contributed by atoms with E-state index >= 15 is 0 Å². The fourth-order valence-corrected chi connectivity index (χ4v) is 4.84. The Kier molecular flexibility index (Phi) is 5.24. The van der Waals surface area contributed by atoms with E-state index in [1.807, 2.05) is 36.6 Å². The number of anilines is 1. The lowest BCUT2D eigenvalue weighted by molar-refractivity contribution is 0.249. The van der Waals surface area contributed by atoms with Gasteiger partial charge in [0.1, 0.15) is 5.82 Å². The average molecular weight is 455 g/mol. The Morgan fingerprint density at radius 1 is 0.903 bits per heavy atom. The molecule has 4 aromatic rings. The molecule has 0 spiro atoms. The van der Waals surface area contributed by atoms with Crippen LogP contribution in [0.25, 0.3) is 16.7 Å². The van der Waals surface area contributed by atoms with Crippen LogP contribution in [0.5, 0.6) is 0 Å². The van der Waals surface area contributed by atoms with Crippen molar-refractivity contribution in [3.8, 4) is 0 Å². The van der Waals surface area contributed by atoms with E-state index in [0.29, 0.717) is 5.02 Å². The highest BCUT2D eigenvalue weighted by Crippen LogP contribution is 2.27. The maximum absolute atomic E-state index is 6.37. The molecule has 0 atom stereocenters. The lowest BCUT2D eigenvalue weighted by atomic mass is 10.2. The number of pyridine rings is 1. The van der Waals surface area contributed by atoms with Gasteiger partial charge in [0.15, 0.2) is 11.3 Å². The van der Waals surface area contributed by atoms with E-state index in [-0.39, 0.29) is 0 Å². The summed E-state index contributed by atoms with van der Waals surface area (Å²) in [5, 5.41) is 7.24. The highest BCUT2D eigenvalue weighted by molar-refractivity contribution is 6.35. The summed E-state index contributed by atoms with van der Waals surface area (Å²) in [4.78, 5) is 14.2. The number of hydrogen-bond acceptors (Lipinski definition) is 5. The normalized spacial score (nSPS) is 15.3. The van der Waals surface area contributed by atoms with Crippen LogP contribution in [0.3, 0.4) is 0 Å². The van der Waals surface area contributed by atoms with Crippen molar-refractivity contribution in [3.63, 3.8) is 0 Å². The van der Waals surface area contributed by atoms with E-state index in [1.54, 1.807) is 0 Å². The monoisotopic (exact) mass is 454 g/mol. The average Bonchev–Trinajstić information content (AvgIpc) is 3.08. The molecule has 5 rings (SSSR count). The Labute approximate surface area is 191 Å². The van der Waals surface area contributed by atoms with Gasteiger partial charge in [-0.25, -0.2) is 9.97 Å². The number of piperazine rings is 1. The Morgan fingerprint density at radius 2 is 1.65 bits per heavy atom. The van der Waals surface area contributed by atoms with Crippen LogP contribution in [-0.4, -0.2) is 50.7 Å². The summed E-state index contributed by atoms with van der Waals surface area (Å²) in [7, 11) is 0. The molecule has 1 aliphatic heterocycles. The summed E-state index contributed by atoms with van der Waals surface area (Å²) in [5.41, 5.74) is 5.86. The number of hydrogen-bond donors (Lipinski definition) is 0. The highest BCUT2D eigenvalue weighted by atomic mass is 35.5. The van der Waals surface area contributed by atoms with E-state index in [1.165, 1.54) is 0 Å². The van der Waals surface area contributed by atoms with E-state index in [2.05, 4.69) is 33.8 Å². The molecule has 31 heavy (non-hydrogen) atoms. The van der Waals surface area contributed by atoms with Gasteiger partial charge in [0, 0.05) is 60.2 Å². The van der Waals surface area contributed by atoms with E-state index < -0.39 is 0 Å². The number of aromatic nitrogens is 4. The summed E-state index contributed by atoms with van der Waals surface area (Å²) in [6, 6.07) is 9.93. The zero-order valence-electron chi connectivity index (χ0n) is 17.9. The van der Waals surface area contributed by atoms with Gasteiger partial charge in [-0.15, -0.1) is 5.10 Å². The van der Waals surface area contributed by atoms with Crippen molar-refractivity contribution in [3.05, 3.63) is 62.9 Å². The fraction of sp³-hybridized carbons (Fsp3) is 0.348. The van der Waals surface area contributed by atoms with Crippen LogP contribution in [0.15, 0.2) is 30.3 Å². The summed E-state index contributed by atoms with van der Waals surface area (Å²) in [6.07, 6.45) is 0. The molecule has 1 fully saturated rings. The highest BCUT2D eigenvalue weighted by Gasteiger charge is 2.22. The third-order valence-electron chi connectivity index (χ3n) is 5.89. The molecular weight excluding hydrogens is 431 g/mol. The molecule has 0 bridgehead atoms. The number of aryl methyl sites for hydroxylation is 3. The van der Waals surface area contributed by atoms with Crippen molar-refractivity contribution in [2.45, 2.75) is 27.3 Å². The first-order chi connectivity index (χ1) is 14.9. The van der Waals surface area contributed by atoms with Crippen molar-refractivity contribution in [1.29, 1.82) is 0 Å². The summed E-state index contributed by atoms with van der Waals surface area (Å²) in [6.45, 7) is 10.7. The topological polar surface area (TPSA) is 49.6 Å². The van der Waals surface area contributed by atoms with Crippen molar-refractivity contribution < 1.29 is 0 Å². The molecule has 0 saturated carbocycles. The molecule has 0 aliphatic carbocycles. The van der Waals surface area contributed by atoms with Crippen molar-refractivity contribution in [2.75, 3.05) is 31.1 Å². The molecule has 4 heterocycles. The Bertz CT molecular complexity index is 1290. The quantitative estimate of drug-likeness (QED) is 0.443. The molecule has 160 valence electrons. The zero-order chi connectivity index (χ0) is 21.7. The van der Waals surface area contributed by atoms with Gasteiger partial charge < -0.3 is 4.90 Å². The molecular formula is C23H24Cl2N6. The van der Waals surface area contributed by atoms with Crippen LogP contribution >= 0.6 is 23.2 Å². The second-order valence-corrected chi connectivity index (χ2v) is 9.11. The summed E-state index contributed by atoms with van der Waals surface area (Å²) in [5.74, 6) is 1.07. The fourth-order valence-electron chi connectivity index (χ4n) is 4.38. The maximum Gasteiger partial charge on any atom is 0.184 e. The smallest absolute Gasteiger partial charge is 0.184 e. The molecule has 6 nitrogen and oxygen atoms in total. The molecule has 8 heteroatoms. The maximum atomic E-state index is 6.37. The molecule has 0 radical (unpaired) electrons. The zero-order valence-corrected chi connectivity index (χ0v) is 19.4. The second kappa shape index (κ2) is 7.93. The minimum atomic E-state index is 0.669. The SMILES string of the molecule is Cc1cc(C)c2c(n1)nn1c(N3CCN(Cc4ccc(Cl)cc4Cl)CC3)cc(C)nc21. The standard InChI is InChI=1S/C23H24Cl2N6/c1-14-10-15(2)26-22-21(14)23-27-16(3)11-20(31(23)28-22)30-8-6-29(7-9-30)13-17-4-5-18(24)12-19(17)25/h4-5,10-12H,6-9,13H2,1-3H3. The van der Waals surface area contributed by atoms with Crippen LogP contribution < -0.4 is 4.90 Å². The Hall–Kier alpha value is -2.41. The van der Waals surface area contributed by atoms with Crippen molar-refractivity contribution >= 4 is 45.7 Å². The third kappa shape index (κ3) is 3.84. The molecule has 1 aromatic carbocycles. The van der Waals surface area contributed by atoms with Gasteiger partial charge in [-0.3, -0.25) is 4.90 Å². The molecule has 0 unspecified atom stereocenters. The van der Waals surface area contributed by atoms with Gasteiger partial charge in [0.2, 0.25) is 0 Å². The molecule has 1 saturated heterocycles. The van der Waals surface area contributed by atoms with Gasteiger partial charge >= 0.3 is 0 Å². The molecule has 0 amide bonds.